The van der Waals surface area contributed by atoms with Gasteiger partial charge in [-0.15, -0.1) is 18.3 Å². The van der Waals surface area contributed by atoms with Gasteiger partial charge in [0.1, 0.15) is 12.1 Å². The lowest BCUT2D eigenvalue weighted by atomic mass is 10.0. The Hall–Kier alpha value is -4.65. The first-order chi connectivity index (χ1) is 20.6. The molecule has 43 heavy (non-hydrogen) atoms. The van der Waals surface area contributed by atoms with Crippen molar-refractivity contribution in [2.24, 2.45) is 4.99 Å². The summed E-state index contributed by atoms with van der Waals surface area (Å²) in [5.41, 5.74) is 4.84. The smallest absolute Gasteiger partial charge is 0.448 e. The minimum atomic E-state index is -4.76. The molecule has 0 saturated carbocycles. The first kappa shape index (κ1) is 29.8. The van der Waals surface area contributed by atoms with E-state index < -0.39 is 12.5 Å². The highest BCUT2D eigenvalue weighted by atomic mass is 32.2. The molecule has 0 atom stereocenters. The highest BCUT2D eigenvalue weighted by Crippen LogP contribution is 2.33. The molecular formula is C30H26F3N5O4S. The number of carbonyl (C=O) groups excluding carboxylic acids is 2. The van der Waals surface area contributed by atoms with Crippen LogP contribution in [0.25, 0.3) is 17.1 Å². The van der Waals surface area contributed by atoms with Crippen molar-refractivity contribution in [1.29, 1.82) is 0 Å². The number of hydrogen-bond donors (Lipinski definition) is 0. The molecule has 0 unspecified atom stereocenters. The summed E-state index contributed by atoms with van der Waals surface area (Å²) in [6.07, 6.45) is -2.89. The normalized spacial score (nSPS) is 14.4. The van der Waals surface area contributed by atoms with Gasteiger partial charge < -0.3 is 9.47 Å². The number of aromatic nitrogens is 3. The van der Waals surface area contributed by atoms with E-state index in [9.17, 15) is 22.8 Å². The lowest BCUT2D eigenvalue weighted by Crippen LogP contribution is -2.31. The van der Waals surface area contributed by atoms with Crippen LogP contribution in [-0.2, 0) is 22.4 Å². The number of amides is 2. The number of para-hydroxylation sites is 1. The van der Waals surface area contributed by atoms with Crippen molar-refractivity contribution in [3.8, 4) is 22.8 Å². The number of ether oxygens (including phenoxy) is 2. The fourth-order valence-corrected chi connectivity index (χ4v) is 5.34. The topological polar surface area (TPSA) is 98.9 Å². The first-order valence-electron chi connectivity index (χ1n) is 13.3. The Morgan fingerprint density at radius 2 is 1.81 bits per heavy atom. The van der Waals surface area contributed by atoms with E-state index in [-0.39, 0.29) is 24.0 Å². The van der Waals surface area contributed by atoms with Gasteiger partial charge in [-0.05, 0) is 54.3 Å². The monoisotopic (exact) mass is 609 g/mol. The Balaban J connectivity index is 1.17. The minimum absolute atomic E-state index is 0.0963. The van der Waals surface area contributed by atoms with Crippen LogP contribution in [-0.4, -0.2) is 50.7 Å². The average molecular weight is 610 g/mol. The number of thioether (sulfide) groups is 1. The van der Waals surface area contributed by atoms with Crippen LogP contribution in [0.15, 0.2) is 78.0 Å². The van der Waals surface area contributed by atoms with Gasteiger partial charge in [0.2, 0.25) is 5.91 Å². The second-order valence-corrected chi connectivity index (χ2v) is 10.4. The third-order valence-electron chi connectivity index (χ3n) is 6.53. The number of benzene rings is 3. The zero-order valence-electron chi connectivity index (χ0n) is 23.2. The number of carbonyl (C=O) groups is 2. The first-order valence-corrected chi connectivity index (χ1v) is 14.3. The van der Waals surface area contributed by atoms with Gasteiger partial charge in [0, 0.05) is 12.0 Å². The van der Waals surface area contributed by atoms with Gasteiger partial charge in [-0.2, -0.15) is 4.99 Å². The molecule has 13 heteroatoms. The van der Waals surface area contributed by atoms with E-state index in [0.717, 1.165) is 34.4 Å². The molecular weight excluding hydrogens is 583 g/mol. The Morgan fingerprint density at radius 3 is 2.51 bits per heavy atom. The largest absolute Gasteiger partial charge is 0.573 e. The number of halogens is 3. The van der Waals surface area contributed by atoms with Crippen LogP contribution >= 0.6 is 11.8 Å². The maximum atomic E-state index is 12.7. The maximum Gasteiger partial charge on any atom is 0.573 e. The highest BCUT2D eigenvalue weighted by molar-refractivity contribution is 8.15. The lowest BCUT2D eigenvalue weighted by molar-refractivity contribution is -0.274. The summed E-state index contributed by atoms with van der Waals surface area (Å²) < 4.78 is 47.8. The summed E-state index contributed by atoms with van der Waals surface area (Å²) in [5.74, 6) is 0.171. The number of hydrogen-bond acceptors (Lipinski definition) is 7. The molecule has 1 fully saturated rings. The van der Waals surface area contributed by atoms with Gasteiger partial charge in [-0.25, -0.2) is 14.5 Å². The van der Waals surface area contributed by atoms with Gasteiger partial charge in [0.05, 0.1) is 23.7 Å². The Morgan fingerprint density at radius 1 is 1.07 bits per heavy atom. The van der Waals surface area contributed by atoms with E-state index in [1.54, 1.807) is 0 Å². The summed E-state index contributed by atoms with van der Waals surface area (Å²) >= 11 is 1.21. The average Bonchev–Trinajstić information content (AvgIpc) is 3.60. The van der Waals surface area contributed by atoms with Crippen molar-refractivity contribution in [2.45, 2.75) is 33.1 Å². The fraction of sp³-hybridized carbons (Fsp3) is 0.233. The predicted molar refractivity (Wildman–Crippen MR) is 156 cm³/mol. The molecule has 0 N–H and O–H groups in total. The van der Waals surface area contributed by atoms with Gasteiger partial charge in [-0.3, -0.25) is 9.69 Å². The number of anilines is 1. The molecule has 0 bridgehead atoms. The number of nitrogens with zero attached hydrogens (tertiary/aromatic N) is 5. The van der Waals surface area contributed by atoms with E-state index >= 15 is 0 Å². The quantitative estimate of drug-likeness (QED) is 0.224. The van der Waals surface area contributed by atoms with Crippen molar-refractivity contribution >= 4 is 34.6 Å². The second-order valence-electron chi connectivity index (χ2n) is 9.46. The molecule has 0 spiro atoms. The van der Waals surface area contributed by atoms with Crippen LogP contribution in [0.1, 0.15) is 23.6 Å². The van der Waals surface area contributed by atoms with Crippen LogP contribution in [0.2, 0.25) is 0 Å². The molecule has 3 aromatic carbocycles. The second kappa shape index (κ2) is 12.7. The van der Waals surface area contributed by atoms with Gasteiger partial charge in [0.15, 0.2) is 11.0 Å². The van der Waals surface area contributed by atoms with E-state index in [2.05, 4.69) is 19.8 Å². The Bertz CT molecular complexity index is 1650. The maximum absolute atomic E-state index is 12.7. The molecule has 1 aromatic heterocycles. The number of aliphatic imine (C=N–C) groups is 1. The molecule has 2 amide bonds. The molecule has 4 aromatic rings. The van der Waals surface area contributed by atoms with E-state index in [1.807, 2.05) is 56.3 Å². The van der Waals surface area contributed by atoms with Crippen LogP contribution in [0.5, 0.6) is 5.75 Å². The van der Waals surface area contributed by atoms with Crippen LogP contribution in [0.3, 0.4) is 0 Å². The van der Waals surface area contributed by atoms with Crippen molar-refractivity contribution in [3.05, 3.63) is 89.7 Å². The van der Waals surface area contributed by atoms with Gasteiger partial charge in [0.25, 0.3) is 0 Å². The molecule has 0 aliphatic carbocycles. The lowest BCUT2D eigenvalue weighted by Gasteiger charge is -2.21. The Labute approximate surface area is 249 Å². The zero-order valence-corrected chi connectivity index (χ0v) is 24.0. The van der Waals surface area contributed by atoms with Crippen molar-refractivity contribution in [2.75, 3.05) is 17.3 Å². The third-order valence-corrected chi connectivity index (χ3v) is 7.46. The molecule has 1 aliphatic rings. The SMILES string of the molecule is CCc1cccc(C)c1N1C(=O)CSC1=NC(=O)OCCc1ccc(-c2ncn(-c3ccc(OC(F)(F)F)cc3)n2)cc1. The molecule has 1 aliphatic heterocycles. The van der Waals surface area contributed by atoms with Crippen LogP contribution in [0, 0.1) is 6.92 Å². The summed E-state index contributed by atoms with van der Waals surface area (Å²) in [7, 11) is 0. The summed E-state index contributed by atoms with van der Waals surface area (Å²) in [4.78, 5) is 35.1. The molecule has 5 rings (SSSR count). The van der Waals surface area contributed by atoms with E-state index in [1.165, 1.54) is 51.9 Å². The fourth-order valence-electron chi connectivity index (χ4n) is 4.50. The van der Waals surface area contributed by atoms with E-state index in [0.29, 0.717) is 23.1 Å². The number of amidine groups is 1. The zero-order chi connectivity index (χ0) is 30.6. The summed E-state index contributed by atoms with van der Waals surface area (Å²) in [5, 5.41) is 4.70. The highest BCUT2D eigenvalue weighted by Gasteiger charge is 2.33. The van der Waals surface area contributed by atoms with Crippen LogP contribution in [0.4, 0.5) is 23.7 Å². The molecule has 9 nitrogen and oxygen atoms in total. The molecule has 2 heterocycles. The molecule has 1 saturated heterocycles. The number of rotatable bonds is 8. The molecule has 0 radical (unpaired) electrons. The summed E-state index contributed by atoms with van der Waals surface area (Å²) in [6, 6.07) is 18.5. The van der Waals surface area contributed by atoms with Gasteiger partial charge >= 0.3 is 12.5 Å². The number of alkyl halides is 3. The Kier molecular flexibility index (Phi) is 8.81. The van der Waals surface area contributed by atoms with Crippen molar-refractivity contribution in [1.82, 2.24) is 14.8 Å². The van der Waals surface area contributed by atoms with Gasteiger partial charge in [-0.1, -0.05) is 61.2 Å². The third kappa shape index (κ3) is 7.23. The van der Waals surface area contributed by atoms with Crippen molar-refractivity contribution in [3.63, 3.8) is 0 Å². The van der Waals surface area contributed by atoms with Crippen LogP contribution < -0.4 is 9.64 Å². The molecule has 222 valence electrons. The van der Waals surface area contributed by atoms with Crippen molar-refractivity contribution < 1.29 is 32.2 Å². The predicted octanol–water partition coefficient (Wildman–Crippen LogP) is 6.52. The minimum Gasteiger partial charge on any atom is -0.448 e. The standard InChI is InChI=1S/C30H26F3N5O4S/c1-3-21-6-4-5-19(2)26(21)38-25(39)17-43-28(38)35-29(40)41-16-15-20-7-9-22(10-8-20)27-34-18-37(36-27)23-11-13-24(14-12-23)42-30(31,32)33/h4-14,18H,3,15-17H2,1-2H3. The van der Waals surface area contributed by atoms with E-state index in [4.69, 9.17) is 4.74 Å². The number of aryl methyl sites for hydroxylation is 2. The summed E-state index contributed by atoms with van der Waals surface area (Å²) in [6.45, 7) is 4.03.